The van der Waals surface area contributed by atoms with E-state index in [0.717, 1.165) is 36.6 Å². The van der Waals surface area contributed by atoms with Gasteiger partial charge in [-0.3, -0.25) is 0 Å². The number of nitrogens with one attached hydrogen (secondary N) is 1. The number of anilines is 1. The summed E-state index contributed by atoms with van der Waals surface area (Å²) in [4.78, 5) is 2.37. The van der Waals surface area contributed by atoms with E-state index >= 15 is 0 Å². The SMILES string of the molecule is CCCNC(C)c1ccc(N(CC)C(C)CC)c(Cl)c1. The summed E-state index contributed by atoms with van der Waals surface area (Å²) in [5.74, 6) is 0. The molecule has 0 aliphatic rings. The fraction of sp³-hybridized carbons (Fsp3) is 0.647. The summed E-state index contributed by atoms with van der Waals surface area (Å²) < 4.78 is 0. The Balaban J connectivity index is 2.92. The van der Waals surface area contributed by atoms with Crippen LogP contribution in [0.1, 0.15) is 59.1 Å². The number of hydrogen-bond acceptors (Lipinski definition) is 2. The first kappa shape index (κ1) is 17.3. The zero-order valence-electron chi connectivity index (χ0n) is 13.5. The molecule has 1 rings (SSSR count). The van der Waals surface area contributed by atoms with Crippen molar-refractivity contribution in [2.75, 3.05) is 18.0 Å². The summed E-state index contributed by atoms with van der Waals surface area (Å²) in [5, 5.41) is 4.36. The molecule has 0 amide bonds. The third-order valence-electron chi connectivity index (χ3n) is 3.95. The Bertz CT molecular complexity index is 406. The highest BCUT2D eigenvalue weighted by Crippen LogP contribution is 2.30. The van der Waals surface area contributed by atoms with Gasteiger partial charge in [0.25, 0.3) is 0 Å². The molecule has 3 heteroatoms. The lowest BCUT2D eigenvalue weighted by atomic mass is 10.1. The van der Waals surface area contributed by atoms with E-state index in [9.17, 15) is 0 Å². The molecule has 20 heavy (non-hydrogen) atoms. The topological polar surface area (TPSA) is 15.3 Å². The van der Waals surface area contributed by atoms with Crippen LogP contribution >= 0.6 is 11.6 Å². The Labute approximate surface area is 129 Å². The number of halogens is 1. The van der Waals surface area contributed by atoms with Gasteiger partial charge in [0.15, 0.2) is 0 Å². The maximum atomic E-state index is 6.51. The third-order valence-corrected chi connectivity index (χ3v) is 4.25. The van der Waals surface area contributed by atoms with E-state index in [1.807, 2.05) is 0 Å². The Morgan fingerprint density at radius 1 is 1.20 bits per heavy atom. The van der Waals surface area contributed by atoms with Crippen LogP contribution in [0.15, 0.2) is 18.2 Å². The summed E-state index contributed by atoms with van der Waals surface area (Å²) in [6.07, 6.45) is 2.27. The molecular formula is C17H29ClN2. The molecule has 2 nitrogen and oxygen atoms in total. The molecule has 114 valence electrons. The average Bonchev–Trinajstić information content (AvgIpc) is 2.46. The molecule has 0 aromatic heterocycles. The van der Waals surface area contributed by atoms with E-state index in [4.69, 9.17) is 11.6 Å². The molecular weight excluding hydrogens is 268 g/mol. The molecule has 1 aromatic carbocycles. The first-order chi connectivity index (χ1) is 9.54. The zero-order valence-corrected chi connectivity index (χ0v) is 14.3. The monoisotopic (exact) mass is 296 g/mol. The zero-order chi connectivity index (χ0) is 15.1. The number of rotatable bonds is 8. The van der Waals surface area contributed by atoms with Gasteiger partial charge in [0.05, 0.1) is 10.7 Å². The smallest absolute Gasteiger partial charge is 0.0642 e. The molecule has 0 aliphatic heterocycles. The van der Waals surface area contributed by atoms with Crippen LogP contribution in [0, 0.1) is 0 Å². The van der Waals surface area contributed by atoms with Crippen molar-refractivity contribution in [3.8, 4) is 0 Å². The van der Waals surface area contributed by atoms with E-state index in [0.29, 0.717) is 12.1 Å². The first-order valence-corrected chi connectivity index (χ1v) is 8.22. The normalized spacial score (nSPS) is 14.1. The lowest BCUT2D eigenvalue weighted by Crippen LogP contribution is -2.32. The first-order valence-electron chi connectivity index (χ1n) is 7.84. The minimum atomic E-state index is 0.347. The fourth-order valence-electron chi connectivity index (χ4n) is 2.44. The van der Waals surface area contributed by atoms with Crippen LogP contribution in [-0.2, 0) is 0 Å². The molecule has 0 saturated carbocycles. The molecule has 1 aromatic rings. The molecule has 1 N–H and O–H groups in total. The summed E-state index contributed by atoms with van der Waals surface area (Å²) >= 11 is 6.51. The highest BCUT2D eigenvalue weighted by molar-refractivity contribution is 6.33. The predicted octanol–water partition coefficient (Wildman–Crippen LogP) is 5.03. The standard InChI is InChI=1S/C17H29ClN2/c1-6-11-19-14(5)15-9-10-17(16(18)12-15)20(8-3)13(4)7-2/h9-10,12-14,19H,6-8,11H2,1-5H3. The summed E-state index contributed by atoms with van der Waals surface area (Å²) in [7, 11) is 0. The average molecular weight is 297 g/mol. The quantitative estimate of drug-likeness (QED) is 0.724. The minimum absolute atomic E-state index is 0.347. The van der Waals surface area contributed by atoms with Crippen molar-refractivity contribution in [2.24, 2.45) is 0 Å². The van der Waals surface area contributed by atoms with Gasteiger partial charge in [-0.2, -0.15) is 0 Å². The van der Waals surface area contributed by atoms with E-state index in [1.54, 1.807) is 0 Å². The maximum absolute atomic E-state index is 6.51. The van der Waals surface area contributed by atoms with Gasteiger partial charge < -0.3 is 10.2 Å². The van der Waals surface area contributed by atoms with Gasteiger partial charge in [0.2, 0.25) is 0 Å². The largest absolute Gasteiger partial charge is 0.368 e. The van der Waals surface area contributed by atoms with E-state index in [2.05, 4.69) is 63.0 Å². The van der Waals surface area contributed by atoms with Crippen LogP contribution in [0.2, 0.25) is 5.02 Å². The van der Waals surface area contributed by atoms with Crippen LogP contribution in [-0.4, -0.2) is 19.1 Å². The predicted molar refractivity (Wildman–Crippen MR) is 90.9 cm³/mol. The van der Waals surface area contributed by atoms with Gasteiger partial charge in [0.1, 0.15) is 0 Å². The van der Waals surface area contributed by atoms with Gasteiger partial charge >= 0.3 is 0 Å². The molecule has 2 unspecified atom stereocenters. The Morgan fingerprint density at radius 2 is 1.90 bits per heavy atom. The second-order valence-electron chi connectivity index (χ2n) is 5.43. The minimum Gasteiger partial charge on any atom is -0.368 e. The summed E-state index contributed by atoms with van der Waals surface area (Å²) in [6.45, 7) is 13.0. The molecule has 0 spiro atoms. The van der Waals surface area contributed by atoms with Crippen molar-refractivity contribution in [1.29, 1.82) is 0 Å². The lowest BCUT2D eigenvalue weighted by molar-refractivity contribution is 0.570. The Morgan fingerprint density at radius 3 is 2.40 bits per heavy atom. The second kappa shape index (κ2) is 8.53. The molecule has 0 aliphatic carbocycles. The van der Waals surface area contributed by atoms with Crippen LogP contribution < -0.4 is 10.2 Å². The van der Waals surface area contributed by atoms with Gasteiger partial charge in [-0.1, -0.05) is 31.5 Å². The fourth-order valence-corrected chi connectivity index (χ4v) is 2.74. The van der Waals surface area contributed by atoms with Crippen molar-refractivity contribution in [3.05, 3.63) is 28.8 Å². The molecule has 0 saturated heterocycles. The molecule has 0 bridgehead atoms. The summed E-state index contributed by atoms with van der Waals surface area (Å²) in [5.41, 5.74) is 2.40. The van der Waals surface area contributed by atoms with Gasteiger partial charge in [0, 0.05) is 18.6 Å². The molecule has 2 atom stereocenters. The highest BCUT2D eigenvalue weighted by Gasteiger charge is 2.15. The van der Waals surface area contributed by atoms with Crippen LogP contribution in [0.25, 0.3) is 0 Å². The highest BCUT2D eigenvalue weighted by atomic mass is 35.5. The van der Waals surface area contributed by atoms with Crippen molar-refractivity contribution in [2.45, 2.75) is 59.5 Å². The Hall–Kier alpha value is -0.730. The number of benzene rings is 1. The van der Waals surface area contributed by atoms with Crippen LogP contribution in [0.3, 0.4) is 0 Å². The molecule has 0 radical (unpaired) electrons. The van der Waals surface area contributed by atoms with Crippen LogP contribution in [0.4, 0.5) is 5.69 Å². The second-order valence-corrected chi connectivity index (χ2v) is 5.84. The maximum Gasteiger partial charge on any atom is 0.0642 e. The van der Waals surface area contributed by atoms with Crippen molar-refractivity contribution in [1.82, 2.24) is 5.32 Å². The van der Waals surface area contributed by atoms with Crippen molar-refractivity contribution in [3.63, 3.8) is 0 Å². The summed E-state index contributed by atoms with van der Waals surface area (Å²) in [6, 6.07) is 7.32. The van der Waals surface area contributed by atoms with E-state index in [-0.39, 0.29) is 0 Å². The van der Waals surface area contributed by atoms with Crippen LogP contribution in [0.5, 0.6) is 0 Å². The molecule has 0 heterocycles. The van der Waals surface area contributed by atoms with Gasteiger partial charge in [-0.05, 0) is 57.9 Å². The van der Waals surface area contributed by atoms with E-state index < -0.39 is 0 Å². The van der Waals surface area contributed by atoms with Crippen molar-refractivity contribution < 1.29 is 0 Å². The number of nitrogens with zero attached hydrogens (tertiary/aromatic N) is 1. The number of hydrogen-bond donors (Lipinski definition) is 1. The third kappa shape index (κ3) is 4.39. The Kier molecular flexibility index (Phi) is 7.39. The van der Waals surface area contributed by atoms with Gasteiger partial charge in [-0.15, -0.1) is 0 Å². The van der Waals surface area contributed by atoms with Crippen molar-refractivity contribution >= 4 is 17.3 Å². The lowest BCUT2D eigenvalue weighted by Gasteiger charge is -2.30. The molecule has 0 fully saturated rings. The van der Waals surface area contributed by atoms with E-state index in [1.165, 1.54) is 5.56 Å². The van der Waals surface area contributed by atoms with Gasteiger partial charge in [-0.25, -0.2) is 0 Å².